The quantitative estimate of drug-likeness (QED) is 0.628. The molecule has 1 amide bonds. The van der Waals surface area contributed by atoms with E-state index in [1.54, 1.807) is 11.3 Å². The number of aryl methyl sites for hydroxylation is 2. The molecule has 3 aromatic heterocycles. The number of carbonyl (C=O) groups excluding carboxylic acids is 1. The van der Waals surface area contributed by atoms with E-state index in [-0.39, 0.29) is 18.0 Å². The molecule has 4 rings (SSSR count). The Hall–Kier alpha value is -2.19. The van der Waals surface area contributed by atoms with Crippen LogP contribution in [0.5, 0.6) is 0 Å². The number of thiophene rings is 1. The number of aromatic nitrogens is 3. The van der Waals surface area contributed by atoms with Gasteiger partial charge in [0.2, 0.25) is 5.91 Å². The molecule has 0 bridgehead atoms. The highest BCUT2D eigenvalue weighted by molar-refractivity contribution is 7.19. The van der Waals surface area contributed by atoms with Gasteiger partial charge < -0.3 is 10.2 Å². The summed E-state index contributed by atoms with van der Waals surface area (Å²) in [4.78, 5) is 28.8. The maximum atomic E-state index is 12.8. The maximum absolute atomic E-state index is 12.8. The molecule has 1 saturated heterocycles. The predicted molar refractivity (Wildman–Crippen MR) is 117 cm³/mol. The molecule has 1 N–H and O–H groups in total. The zero-order chi connectivity index (χ0) is 20.5. The molecule has 1 fully saturated rings. The Balaban J connectivity index is 1.37. The first-order valence-corrected chi connectivity index (χ1v) is 11.2. The third-order valence-electron chi connectivity index (χ3n) is 5.80. The van der Waals surface area contributed by atoms with Gasteiger partial charge in [0, 0.05) is 11.4 Å². The van der Waals surface area contributed by atoms with Crippen LogP contribution in [0.3, 0.4) is 0 Å². The van der Waals surface area contributed by atoms with Crippen LogP contribution < -0.4 is 10.9 Å². The molecule has 29 heavy (non-hydrogen) atoms. The largest absolute Gasteiger partial charge is 0.354 e. The number of rotatable bonds is 6. The highest BCUT2D eigenvalue weighted by Crippen LogP contribution is 2.27. The molecule has 0 aromatic carbocycles. The van der Waals surface area contributed by atoms with Gasteiger partial charge in [0.05, 0.1) is 10.2 Å². The van der Waals surface area contributed by atoms with Crippen molar-refractivity contribution < 1.29 is 4.79 Å². The van der Waals surface area contributed by atoms with Crippen molar-refractivity contribution in [1.82, 2.24) is 24.4 Å². The summed E-state index contributed by atoms with van der Waals surface area (Å²) in [5.41, 5.74) is 1.36. The Morgan fingerprint density at radius 2 is 2.00 bits per heavy atom. The molecule has 156 valence electrons. The Bertz CT molecular complexity index is 1090. The number of hydrogen-bond donors (Lipinski definition) is 1. The van der Waals surface area contributed by atoms with E-state index in [1.165, 1.54) is 22.4 Å². The summed E-state index contributed by atoms with van der Waals surface area (Å²) in [5, 5.41) is 7.32. The zero-order valence-corrected chi connectivity index (χ0v) is 18.2. The van der Waals surface area contributed by atoms with Crippen LogP contribution in [0.15, 0.2) is 16.9 Å². The number of carbonyl (C=O) groups is 1. The second-order valence-corrected chi connectivity index (χ2v) is 9.50. The summed E-state index contributed by atoms with van der Waals surface area (Å²) < 4.78 is 4.23. The lowest BCUT2D eigenvalue weighted by Crippen LogP contribution is -2.37. The average Bonchev–Trinajstić information content (AvgIpc) is 3.20. The lowest BCUT2D eigenvalue weighted by atomic mass is 9.99. The van der Waals surface area contributed by atoms with E-state index in [4.69, 9.17) is 0 Å². The number of likely N-dealkylation sites (tertiary alicyclic amines) is 1. The van der Waals surface area contributed by atoms with Gasteiger partial charge >= 0.3 is 0 Å². The number of hydrogen-bond acceptors (Lipinski definition) is 5. The van der Waals surface area contributed by atoms with Crippen molar-refractivity contribution in [2.75, 3.05) is 26.2 Å². The van der Waals surface area contributed by atoms with E-state index in [9.17, 15) is 9.59 Å². The zero-order valence-electron chi connectivity index (χ0n) is 17.4. The molecule has 1 aliphatic heterocycles. The highest BCUT2D eigenvalue weighted by atomic mass is 32.1. The van der Waals surface area contributed by atoms with Crippen molar-refractivity contribution in [2.45, 2.75) is 46.6 Å². The molecule has 0 spiro atoms. The Kier molecular flexibility index (Phi) is 5.74. The van der Waals surface area contributed by atoms with Crippen molar-refractivity contribution in [2.24, 2.45) is 5.92 Å². The van der Waals surface area contributed by atoms with E-state index in [0.29, 0.717) is 17.9 Å². The minimum absolute atomic E-state index is 0.0464. The van der Waals surface area contributed by atoms with Crippen LogP contribution in [-0.4, -0.2) is 51.2 Å². The van der Waals surface area contributed by atoms with Crippen LogP contribution in [0, 0.1) is 19.8 Å². The lowest BCUT2D eigenvalue weighted by molar-refractivity contribution is -0.121. The van der Waals surface area contributed by atoms with Crippen molar-refractivity contribution in [3.05, 3.63) is 33.2 Å². The second kappa shape index (κ2) is 8.28. The molecular formula is C21H29N5O2S. The molecular weight excluding hydrogens is 386 g/mol. The smallest absolute Gasteiger partial charge is 0.291 e. The third kappa shape index (κ3) is 4.23. The fourth-order valence-corrected chi connectivity index (χ4v) is 5.08. The average molecular weight is 416 g/mol. The van der Waals surface area contributed by atoms with E-state index in [1.807, 2.05) is 17.4 Å². The van der Waals surface area contributed by atoms with E-state index in [0.717, 1.165) is 42.2 Å². The van der Waals surface area contributed by atoms with Gasteiger partial charge in [0.1, 0.15) is 17.9 Å². The van der Waals surface area contributed by atoms with E-state index < -0.39 is 0 Å². The summed E-state index contributed by atoms with van der Waals surface area (Å²) in [6.07, 6.45) is 3.45. The molecule has 4 heterocycles. The van der Waals surface area contributed by atoms with Gasteiger partial charge in [-0.2, -0.15) is 5.10 Å². The molecule has 0 aliphatic carbocycles. The Morgan fingerprint density at radius 1 is 1.24 bits per heavy atom. The first kappa shape index (κ1) is 20.1. The fraction of sp³-hybridized carbons (Fsp3) is 0.571. The van der Waals surface area contributed by atoms with Gasteiger partial charge in [-0.15, -0.1) is 11.3 Å². The summed E-state index contributed by atoms with van der Waals surface area (Å²) in [6, 6.07) is 3.97. The van der Waals surface area contributed by atoms with Crippen LogP contribution in [-0.2, 0) is 11.3 Å². The van der Waals surface area contributed by atoms with Gasteiger partial charge in [-0.25, -0.2) is 4.68 Å². The molecule has 7 nitrogen and oxygen atoms in total. The van der Waals surface area contributed by atoms with Gasteiger partial charge in [-0.05, 0) is 70.8 Å². The second-order valence-electron chi connectivity index (χ2n) is 8.21. The normalized spacial score (nSPS) is 16.1. The monoisotopic (exact) mass is 415 g/mol. The van der Waals surface area contributed by atoms with Crippen molar-refractivity contribution in [3.63, 3.8) is 0 Å². The van der Waals surface area contributed by atoms with Crippen LogP contribution >= 0.6 is 11.3 Å². The molecule has 0 radical (unpaired) electrons. The van der Waals surface area contributed by atoms with Gasteiger partial charge in [-0.1, -0.05) is 6.92 Å². The summed E-state index contributed by atoms with van der Waals surface area (Å²) >= 11 is 1.66. The molecule has 0 atom stereocenters. The number of amides is 1. The molecule has 8 heteroatoms. The summed E-state index contributed by atoms with van der Waals surface area (Å²) in [6.45, 7) is 10.1. The topological polar surface area (TPSA) is 71.6 Å². The first-order chi connectivity index (χ1) is 13.9. The summed E-state index contributed by atoms with van der Waals surface area (Å²) in [7, 11) is 0. The highest BCUT2D eigenvalue weighted by Gasteiger charge is 2.16. The van der Waals surface area contributed by atoms with Crippen LogP contribution in [0.2, 0.25) is 0 Å². The Labute approximate surface area is 174 Å². The van der Waals surface area contributed by atoms with E-state index in [2.05, 4.69) is 35.2 Å². The molecule has 1 aliphatic rings. The molecule has 3 aromatic rings. The SMILES string of the molecule is Cc1cc2c(cc3c(=O)n(CC(=O)NCCCN4CCC(C)CC4)nc(C)n32)s1. The summed E-state index contributed by atoms with van der Waals surface area (Å²) in [5.74, 6) is 1.37. The predicted octanol–water partition coefficient (Wildman–Crippen LogP) is 2.57. The number of nitrogens with one attached hydrogen (secondary N) is 1. The molecule has 0 unspecified atom stereocenters. The van der Waals surface area contributed by atoms with Crippen molar-refractivity contribution >= 4 is 33.0 Å². The molecule has 0 saturated carbocycles. The Morgan fingerprint density at radius 3 is 2.76 bits per heavy atom. The van der Waals surface area contributed by atoms with Gasteiger partial charge in [0.15, 0.2) is 0 Å². The van der Waals surface area contributed by atoms with Crippen LogP contribution in [0.1, 0.15) is 36.9 Å². The van der Waals surface area contributed by atoms with Gasteiger partial charge in [0.25, 0.3) is 5.56 Å². The third-order valence-corrected chi connectivity index (χ3v) is 6.79. The van der Waals surface area contributed by atoms with E-state index >= 15 is 0 Å². The number of piperidine rings is 1. The lowest BCUT2D eigenvalue weighted by Gasteiger charge is -2.30. The standard InChI is InChI=1S/C21H29N5O2S/c1-14-5-9-24(10-6-14)8-4-7-22-20(27)13-25-21(28)18-12-19-17(11-15(2)29-19)26(18)16(3)23-25/h11-12,14H,4-10,13H2,1-3H3,(H,22,27). The fourth-order valence-electron chi connectivity index (χ4n) is 4.13. The van der Waals surface area contributed by atoms with Gasteiger partial charge in [-0.3, -0.25) is 14.0 Å². The number of fused-ring (bicyclic) bond motifs is 3. The number of nitrogens with zero attached hydrogens (tertiary/aromatic N) is 4. The minimum atomic E-state index is -0.228. The van der Waals surface area contributed by atoms with Crippen LogP contribution in [0.4, 0.5) is 0 Å². The van der Waals surface area contributed by atoms with Crippen LogP contribution in [0.25, 0.3) is 15.7 Å². The minimum Gasteiger partial charge on any atom is -0.354 e. The maximum Gasteiger partial charge on any atom is 0.291 e. The van der Waals surface area contributed by atoms with Crippen molar-refractivity contribution in [1.29, 1.82) is 0 Å². The first-order valence-electron chi connectivity index (χ1n) is 10.4. The van der Waals surface area contributed by atoms with Crippen molar-refractivity contribution in [3.8, 4) is 0 Å².